The molecule has 2 heterocycles. The van der Waals surface area contributed by atoms with E-state index in [-0.39, 0.29) is 60.9 Å². The Kier molecular flexibility index (Phi) is 20.3. The molecule has 1 aliphatic rings. The zero-order valence-corrected chi connectivity index (χ0v) is 39.0. The summed E-state index contributed by atoms with van der Waals surface area (Å²) in [4.78, 5) is 135. The molecule has 0 radical (unpaired) electrons. The second-order valence-electron chi connectivity index (χ2n) is 15.8. The van der Waals surface area contributed by atoms with Crippen molar-refractivity contribution >= 4 is 68.8 Å². The summed E-state index contributed by atoms with van der Waals surface area (Å²) in [5.41, 5.74) is 23.7. The Hall–Kier alpha value is -7.29. The standard InChI is InChI=1S/C41H53N13O13S2/c1-3-20(2)34-38(62)47-26(9-11-32(43)57)31(56)16-22(17-33(44)58)35(59)49-28(39(63)64)19-69-68-18-25(42)36(60)48-27(37(61)50-34)14-21-4-10-30(55)29(15-21)54-41(66)53(40(65)51-54)23-5-7-24(8-6-23)67-13-12-46-52-45/h4-8,10,15,20,22,25-28,34,55H,3,9,11-14,16-19,42H2,1-2H3,(H2,43,57)(H2,44,58)(H,47,62)(H,48,60)(H,49,59)(H,50,61)(H,51,65)(H,63,64). The molecule has 2 aromatic carbocycles. The van der Waals surface area contributed by atoms with Crippen LogP contribution in [0.3, 0.4) is 0 Å². The molecule has 1 aromatic heterocycles. The van der Waals surface area contributed by atoms with Crippen LogP contribution in [0.15, 0.2) is 57.2 Å². The van der Waals surface area contributed by atoms with Gasteiger partial charge in [-0.3, -0.25) is 33.6 Å². The molecule has 1 aliphatic heterocycles. The number of nitrogens with two attached hydrogens (primary N) is 3. The number of aromatic hydroxyl groups is 1. The lowest BCUT2D eigenvalue weighted by atomic mass is 9.91. The van der Waals surface area contributed by atoms with Gasteiger partial charge in [0.15, 0.2) is 5.78 Å². The molecule has 1 saturated heterocycles. The molecule has 1 fully saturated rings. The van der Waals surface area contributed by atoms with Gasteiger partial charge in [-0.15, -0.1) is 0 Å². The van der Waals surface area contributed by atoms with Crippen molar-refractivity contribution < 1.29 is 53.3 Å². The van der Waals surface area contributed by atoms with Gasteiger partial charge in [-0.1, -0.05) is 53.0 Å². The largest absolute Gasteiger partial charge is 0.506 e. The number of aromatic amines is 1. The quantitative estimate of drug-likeness (QED) is 0.0264. The van der Waals surface area contributed by atoms with Crippen molar-refractivity contribution in [1.82, 2.24) is 35.6 Å². The van der Waals surface area contributed by atoms with Gasteiger partial charge < -0.3 is 53.4 Å². The number of phenolic OH excluding ortho intramolecular Hbond substituents is 1. The van der Waals surface area contributed by atoms with E-state index in [9.17, 15) is 58.2 Å². The predicted octanol–water partition coefficient (Wildman–Crippen LogP) is -1.24. The van der Waals surface area contributed by atoms with Crippen LogP contribution in [0.5, 0.6) is 11.5 Å². The van der Waals surface area contributed by atoms with E-state index < -0.39 is 126 Å². The summed E-state index contributed by atoms with van der Waals surface area (Å²) in [5, 5.41) is 36.6. The maximum absolute atomic E-state index is 14.3. The lowest BCUT2D eigenvalue weighted by Gasteiger charge is -2.29. The molecule has 3 aromatic rings. The van der Waals surface area contributed by atoms with Crippen LogP contribution in [0.25, 0.3) is 21.8 Å². The molecule has 7 atom stereocenters. The summed E-state index contributed by atoms with van der Waals surface area (Å²) < 4.78 is 7.01. The number of hydrogen-bond donors (Lipinski definition) is 10. The second-order valence-corrected chi connectivity index (χ2v) is 18.4. The lowest BCUT2D eigenvalue weighted by Crippen LogP contribution is -2.59. The number of carbonyl (C=O) groups is 8. The SMILES string of the molecule is CCC(C)C1NC(=O)C(Cc2ccc(O)c(-n3[nH]c(=O)n(-c4ccc(OCCN=[N+]=[N-])cc4)c3=O)c2)NC(=O)C(N)CSSCC(C(=O)O)NC(=O)C(CC(N)=O)CC(=O)C(CCC(N)=O)NC1=O. The van der Waals surface area contributed by atoms with E-state index >= 15 is 0 Å². The third-order valence-electron chi connectivity index (χ3n) is 10.7. The number of ether oxygens (including phenoxy) is 1. The number of aromatic nitrogens is 3. The molecule has 0 saturated carbocycles. The van der Waals surface area contributed by atoms with Crippen molar-refractivity contribution in [2.45, 2.75) is 82.6 Å². The number of ketones is 1. The smallest absolute Gasteiger partial charge is 0.356 e. The second kappa shape index (κ2) is 25.7. The van der Waals surface area contributed by atoms with Crippen LogP contribution in [0.4, 0.5) is 0 Å². The normalized spacial score (nSPS) is 21.6. The van der Waals surface area contributed by atoms with E-state index in [2.05, 4.69) is 36.4 Å². The molecule has 4 rings (SSSR count). The van der Waals surface area contributed by atoms with Crippen molar-refractivity contribution in [3.63, 3.8) is 0 Å². The van der Waals surface area contributed by atoms with Crippen molar-refractivity contribution in [2.75, 3.05) is 24.7 Å². The van der Waals surface area contributed by atoms with Crippen LogP contribution >= 0.6 is 21.6 Å². The number of benzene rings is 2. The van der Waals surface area contributed by atoms with Gasteiger partial charge in [0.05, 0.1) is 36.8 Å². The van der Waals surface area contributed by atoms with E-state index in [0.717, 1.165) is 30.8 Å². The number of phenols is 1. The number of carboxylic acids is 1. The fourth-order valence-electron chi connectivity index (χ4n) is 6.79. The van der Waals surface area contributed by atoms with E-state index in [1.54, 1.807) is 13.8 Å². The van der Waals surface area contributed by atoms with Gasteiger partial charge in [-0.2, -0.15) is 4.68 Å². The minimum atomic E-state index is -1.55. The first kappa shape index (κ1) is 54.3. The Balaban J connectivity index is 1.72. The van der Waals surface area contributed by atoms with Gasteiger partial charge in [0.1, 0.15) is 35.3 Å². The van der Waals surface area contributed by atoms with E-state index in [0.29, 0.717) is 5.75 Å². The van der Waals surface area contributed by atoms with Crippen molar-refractivity contribution in [1.29, 1.82) is 0 Å². The highest BCUT2D eigenvalue weighted by molar-refractivity contribution is 8.76. The number of carbonyl (C=O) groups excluding carboxylic acids is 7. The minimum absolute atomic E-state index is 0.0667. The third-order valence-corrected chi connectivity index (χ3v) is 13.2. The zero-order chi connectivity index (χ0) is 50.9. The fraction of sp³-hybridized carbons (Fsp3) is 0.463. The highest BCUT2D eigenvalue weighted by Gasteiger charge is 2.36. The highest BCUT2D eigenvalue weighted by Crippen LogP contribution is 2.25. The van der Waals surface area contributed by atoms with Crippen LogP contribution in [-0.2, 0) is 44.8 Å². The Labute approximate surface area is 400 Å². The molecule has 0 spiro atoms. The number of H-pyrrole nitrogens is 1. The van der Waals surface area contributed by atoms with Gasteiger partial charge in [-0.05, 0) is 59.8 Å². The first-order valence-corrected chi connectivity index (χ1v) is 23.8. The molecule has 6 amide bonds. The monoisotopic (exact) mass is 999 g/mol. The van der Waals surface area contributed by atoms with Gasteiger partial charge in [-0.25, -0.2) is 24.0 Å². The number of hydrogen-bond acceptors (Lipinski definition) is 16. The molecule has 372 valence electrons. The summed E-state index contributed by atoms with van der Waals surface area (Å²) in [6, 6.07) is 2.32. The first-order valence-electron chi connectivity index (χ1n) is 21.3. The maximum atomic E-state index is 14.3. The van der Waals surface area contributed by atoms with Gasteiger partial charge in [0.2, 0.25) is 35.4 Å². The summed E-state index contributed by atoms with van der Waals surface area (Å²) >= 11 is 0. The van der Waals surface area contributed by atoms with Gasteiger partial charge in [0.25, 0.3) is 0 Å². The molecule has 7 unspecified atom stereocenters. The molecule has 13 N–H and O–H groups in total. The molecule has 0 bridgehead atoms. The summed E-state index contributed by atoms with van der Waals surface area (Å²) in [5.74, 6) is -10.5. The number of aliphatic carboxylic acids is 1. The maximum Gasteiger partial charge on any atom is 0.356 e. The summed E-state index contributed by atoms with van der Waals surface area (Å²) in [6.07, 6.45) is -2.27. The van der Waals surface area contributed by atoms with Crippen LogP contribution < -0.4 is 54.6 Å². The molecule has 69 heavy (non-hydrogen) atoms. The van der Waals surface area contributed by atoms with Crippen LogP contribution in [0, 0.1) is 11.8 Å². The molecular formula is C41H53N13O13S2. The lowest BCUT2D eigenvalue weighted by molar-refractivity contribution is -0.142. The number of Topliss-reactive ketones (excluding diaryl/α,β-unsaturated/α-hetero) is 1. The number of nitrogens with one attached hydrogen (secondary N) is 5. The van der Waals surface area contributed by atoms with E-state index in [4.69, 9.17) is 27.5 Å². The van der Waals surface area contributed by atoms with Gasteiger partial charge >= 0.3 is 17.3 Å². The Morgan fingerprint density at radius 1 is 0.913 bits per heavy atom. The number of nitrogens with zero attached hydrogens (tertiary/aromatic N) is 5. The number of carboxylic acid groups (broad SMARTS) is 1. The van der Waals surface area contributed by atoms with E-state index in [1.165, 1.54) is 42.5 Å². The topological polar surface area (TPSA) is 421 Å². The average molecular weight is 1000 g/mol. The fourth-order valence-corrected chi connectivity index (χ4v) is 9.07. The average Bonchev–Trinajstić information content (AvgIpc) is 3.60. The third kappa shape index (κ3) is 15.6. The predicted molar refractivity (Wildman–Crippen MR) is 250 cm³/mol. The summed E-state index contributed by atoms with van der Waals surface area (Å²) in [7, 11) is 1.89. The minimum Gasteiger partial charge on any atom is -0.506 e. The van der Waals surface area contributed by atoms with Crippen molar-refractivity contribution in [3.05, 3.63) is 79.4 Å². The molecule has 26 nitrogen and oxygen atoms in total. The summed E-state index contributed by atoms with van der Waals surface area (Å²) in [6.45, 7) is 3.46. The number of amides is 6. The van der Waals surface area contributed by atoms with Crippen molar-refractivity contribution in [3.8, 4) is 22.9 Å². The number of rotatable bonds is 16. The Morgan fingerprint density at radius 3 is 2.23 bits per heavy atom. The molecule has 0 aliphatic carbocycles. The Bertz CT molecular complexity index is 2560. The number of azide groups is 1. The van der Waals surface area contributed by atoms with Crippen LogP contribution in [0.2, 0.25) is 0 Å². The molecule has 28 heteroatoms. The zero-order valence-electron chi connectivity index (χ0n) is 37.3. The van der Waals surface area contributed by atoms with Crippen LogP contribution in [0.1, 0.15) is 51.5 Å². The highest BCUT2D eigenvalue weighted by atomic mass is 33.1. The van der Waals surface area contributed by atoms with Gasteiger partial charge in [0, 0.05) is 42.1 Å². The van der Waals surface area contributed by atoms with Crippen molar-refractivity contribution in [2.24, 2.45) is 34.2 Å². The van der Waals surface area contributed by atoms with E-state index in [1.807, 2.05) is 0 Å². The number of primary amides is 2. The molecular weight excluding hydrogens is 947 g/mol. The first-order chi connectivity index (χ1) is 32.7. The Morgan fingerprint density at radius 2 is 1.59 bits per heavy atom. The van der Waals surface area contributed by atoms with Crippen LogP contribution in [-0.4, -0.2) is 127 Å².